The summed E-state index contributed by atoms with van der Waals surface area (Å²) in [4.78, 5) is 23.0. The number of hydrogen-bond donors (Lipinski definition) is 0. The van der Waals surface area contributed by atoms with Crippen LogP contribution in [0.25, 0.3) is 0 Å². The average Bonchev–Trinajstić information content (AvgIpc) is 2.30. The van der Waals surface area contributed by atoms with E-state index in [2.05, 4.69) is 0 Å². The first-order chi connectivity index (χ1) is 9.77. The highest BCUT2D eigenvalue weighted by Crippen LogP contribution is 2.31. The summed E-state index contributed by atoms with van der Waals surface area (Å²) in [6.45, 7) is 6.72. The minimum Gasteiger partial charge on any atom is -0.431 e. The van der Waals surface area contributed by atoms with E-state index in [1.54, 1.807) is 27.7 Å². The van der Waals surface area contributed by atoms with Crippen LogP contribution in [0, 0.1) is 0 Å². The predicted octanol–water partition coefficient (Wildman–Crippen LogP) is 4.19. The molecule has 0 amide bonds. The van der Waals surface area contributed by atoms with Crippen LogP contribution in [-0.4, -0.2) is 24.5 Å². The first-order valence-electron chi connectivity index (χ1n) is 6.34. The molecule has 0 saturated heterocycles. The lowest BCUT2D eigenvalue weighted by Crippen LogP contribution is -2.18. The molecule has 0 heterocycles. The zero-order chi connectivity index (χ0) is 16.0. The fourth-order valence-electron chi connectivity index (χ4n) is 1.26. The number of benzene rings is 1. The van der Waals surface area contributed by atoms with Gasteiger partial charge < -0.3 is 18.9 Å². The van der Waals surface area contributed by atoms with E-state index in [1.807, 2.05) is 0 Å². The Morgan fingerprint density at radius 1 is 0.905 bits per heavy atom. The largest absolute Gasteiger partial charge is 0.514 e. The molecule has 7 heteroatoms. The van der Waals surface area contributed by atoms with Gasteiger partial charge in [-0.15, -0.1) is 0 Å². The summed E-state index contributed by atoms with van der Waals surface area (Å²) >= 11 is 5.82. The minimum atomic E-state index is -0.922. The molecule has 0 aliphatic rings. The summed E-state index contributed by atoms with van der Waals surface area (Å²) in [6.07, 6.45) is -2.50. The van der Waals surface area contributed by atoms with Crippen molar-refractivity contribution in [3.63, 3.8) is 0 Å². The normalized spacial score (nSPS) is 10.4. The Balaban J connectivity index is 2.84. The van der Waals surface area contributed by atoms with Crippen molar-refractivity contribution in [3.8, 4) is 11.5 Å². The molecule has 21 heavy (non-hydrogen) atoms. The van der Waals surface area contributed by atoms with Gasteiger partial charge in [0.1, 0.15) is 0 Å². The Hall–Kier alpha value is -1.95. The molecule has 0 aromatic heterocycles. The molecule has 0 saturated carbocycles. The number of ether oxygens (including phenoxy) is 4. The van der Waals surface area contributed by atoms with E-state index < -0.39 is 12.3 Å². The lowest BCUT2D eigenvalue weighted by molar-refractivity contribution is 0.0640. The van der Waals surface area contributed by atoms with Crippen LogP contribution in [0.1, 0.15) is 27.7 Å². The number of hydrogen-bond acceptors (Lipinski definition) is 6. The van der Waals surface area contributed by atoms with Gasteiger partial charge in [-0.3, -0.25) is 0 Å². The first kappa shape index (κ1) is 17.1. The van der Waals surface area contributed by atoms with E-state index in [1.165, 1.54) is 18.2 Å². The van der Waals surface area contributed by atoms with Crippen molar-refractivity contribution in [1.29, 1.82) is 0 Å². The molecule has 0 unspecified atom stereocenters. The topological polar surface area (TPSA) is 71.1 Å². The van der Waals surface area contributed by atoms with Crippen molar-refractivity contribution in [3.05, 3.63) is 23.2 Å². The summed E-state index contributed by atoms with van der Waals surface area (Å²) in [6, 6.07) is 4.21. The van der Waals surface area contributed by atoms with Crippen LogP contribution < -0.4 is 9.47 Å². The van der Waals surface area contributed by atoms with E-state index >= 15 is 0 Å². The van der Waals surface area contributed by atoms with Crippen molar-refractivity contribution < 1.29 is 28.5 Å². The minimum absolute atomic E-state index is 0.00533. The number of rotatable bonds is 4. The third kappa shape index (κ3) is 6.35. The first-order valence-corrected chi connectivity index (χ1v) is 6.72. The summed E-state index contributed by atoms with van der Waals surface area (Å²) in [5.41, 5.74) is 0. The van der Waals surface area contributed by atoms with Gasteiger partial charge in [0.2, 0.25) is 0 Å². The fraction of sp³-hybridized carbons (Fsp3) is 0.429. The highest BCUT2D eigenvalue weighted by atomic mass is 35.5. The van der Waals surface area contributed by atoms with Gasteiger partial charge in [0.25, 0.3) is 0 Å². The smallest absolute Gasteiger partial charge is 0.431 e. The molecular formula is C14H17ClO6. The van der Waals surface area contributed by atoms with Gasteiger partial charge >= 0.3 is 12.3 Å². The Kier molecular flexibility index (Phi) is 6.30. The SMILES string of the molecule is CC(C)OC(=O)Oc1ccc(Cl)cc1OC(=O)OC(C)C. The van der Waals surface area contributed by atoms with E-state index in [0.29, 0.717) is 5.02 Å². The summed E-state index contributed by atoms with van der Waals surface area (Å²) in [5, 5.41) is 0.312. The second-order valence-electron chi connectivity index (χ2n) is 4.63. The van der Waals surface area contributed by atoms with Crippen LogP contribution in [0.3, 0.4) is 0 Å². The van der Waals surface area contributed by atoms with Crippen molar-refractivity contribution in [2.24, 2.45) is 0 Å². The summed E-state index contributed by atoms with van der Waals surface area (Å²) in [7, 11) is 0. The summed E-state index contributed by atoms with van der Waals surface area (Å²) < 4.78 is 19.6. The second-order valence-corrected chi connectivity index (χ2v) is 5.06. The highest BCUT2D eigenvalue weighted by Gasteiger charge is 2.17. The second kappa shape index (κ2) is 7.73. The Bertz CT molecular complexity index is 512. The van der Waals surface area contributed by atoms with Crippen LogP contribution in [0.15, 0.2) is 18.2 Å². The summed E-state index contributed by atoms with van der Waals surface area (Å²) in [5.74, 6) is -0.0281. The monoisotopic (exact) mass is 316 g/mol. The van der Waals surface area contributed by atoms with Crippen LogP contribution in [0.4, 0.5) is 9.59 Å². The molecule has 0 aliphatic heterocycles. The van der Waals surface area contributed by atoms with Crippen molar-refractivity contribution in [2.75, 3.05) is 0 Å². The molecule has 0 atom stereocenters. The highest BCUT2D eigenvalue weighted by molar-refractivity contribution is 6.30. The van der Waals surface area contributed by atoms with Gasteiger partial charge in [-0.25, -0.2) is 9.59 Å². The van der Waals surface area contributed by atoms with Crippen LogP contribution in [0.2, 0.25) is 5.02 Å². The van der Waals surface area contributed by atoms with Gasteiger partial charge in [-0.1, -0.05) is 11.6 Å². The third-order valence-electron chi connectivity index (χ3n) is 1.96. The zero-order valence-electron chi connectivity index (χ0n) is 12.2. The molecule has 0 fully saturated rings. The molecule has 0 N–H and O–H groups in total. The molecule has 1 rings (SSSR count). The molecule has 1 aromatic rings. The van der Waals surface area contributed by atoms with Gasteiger partial charge in [-0.2, -0.15) is 0 Å². The molecular weight excluding hydrogens is 300 g/mol. The van der Waals surface area contributed by atoms with E-state index in [4.69, 9.17) is 30.5 Å². The molecule has 0 bridgehead atoms. The van der Waals surface area contributed by atoms with Gasteiger partial charge in [-0.05, 0) is 39.8 Å². The molecule has 6 nitrogen and oxygen atoms in total. The maximum atomic E-state index is 11.5. The standard InChI is InChI=1S/C14H17ClO6/c1-8(2)18-13(16)20-11-6-5-10(15)7-12(11)21-14(17)19-9(3)4/h5-9H,1-4H3. The van der Waals surface area contributed by atoms with E-state index in [0.717, 1.165) is 0 Å². The van der Waals surface area contributed by atoms with Gasteiger partial charge in [0, 0.05) is 11.1 Å². The van der Waals surface area contributed by atoms with Crippen molar-refractivity contribution in [2.45, 2.75) is 39.9 Å². The maximum absolute atomic E-state index is 11.5. The molecule has 0 aliphatic carbocycles. The Morgan fingerprint density at radius 3 is 1.86 bits per heavy atom. The van der Waals surface area contributed by atoms with Crippen molar-refractivity contribution in [1.82, 2.24) is 0 Å². The number of carbonyl (C=O) groups excluding carboxylic acids is 2. The van der Waals surface area contributed by atoms with Crippen LogP contribution >= 0.6 is 11.6 Å². The predicted molar refractivity (Wildman–Crippen MR) is 75.9 cm³/mol. The Morgan fingerprint density at radius 2 is 1.38 bits per heavy atom. The van der Waals surface area contributed by atoms with Crippen LogP contribution in [0.5, 0.6) is 11.5 Å². The van der Waals surface area contributed by atoms with E-state index in [-0.39, 0.29) is 23.7 Å². The quantitative estimate of drug-likeness (QED) is 0.612. The van der Waals surface area contributed by atoms with Crippen molar-refractivity contribution >= 4 is 23.9 Å². The lowest BCUT2D eigenvalue weighted by atomic mass is 10.3. The average molecular weight is 317 g/mol. The van der Waals surface area contributed by atoms with E-state index in [9.17, 15) is 9.59 Å². The number of halogens is 1. The molecule has 0 spiro atoms. The molecule has 116 valence electrons. The van der Waals surface area contributed by atoms with Gasteiger partial charge in [0.05, 0.1) is 12.2 Å². The van der Waals surface area contributed by atoms with Gasteiger partial charge in [0.15, 0.2) is 11.5 Å². The zero-order valence-corrected chi connectivity index (χ0v) is 13.0. The fourth-order valence-corrected chi connectivity index (χ4v) is 1.42. The molecule has 0 radical (unpaired) electrons. The van der Waals surface area contributed by atoms with Crippen LogP contribution in [-0.2, 0) is 9.47 Å². The maximum Gasteiger partial charge on any atom is 0.514 e. The number of carbonyl (C=O) groups is 2. The Labute approximate surface area is 127 Å². The lowest BCUT2D eigenvalue weighted by Gasteiger charge is -2.13. The third-order valence-corrected chi connectivity index (χ3v) is 2.19. The molecule has 1 aromatic carbocycles.